The minimum Gasteiger partial charge on any atom is -0.367 e. The van der Waals surface area contributed by atoms with E-state index in [0.717, 1.165) is 31.4 Å². The fourth-order valence-corrected chi connectivity index (χ4v) is 4.18. The Morgan fingerprint density at radius 1 is 1.10 bits per heavy atom. The lowest BCUT2D eigenvalue weighted by Crippen LogP contribution is -2.70. The van der Waals surface area contributed by atoms with E-state index >= 15 is 0 Å². The summed E-state index contributed by atoms with van der Waals surface area (Å²) in [5, 5.41) is 5.68. The molecule has 3 aliphatic heterocycles. The Kier molecular flexibility index (Phi) is 2.71. The number of hydrogen-bond acceptors (Lipinski definition) is 3. The first kappa shape index (κ1) is 12.7. The van der Waals surface area contributed by atoms with Crippen molar-refractivity contribution in [3.63, 3.8) is 0 Å². The molecular formula is C16H19N3O2. The van der Waals surface area contributed by atoms with E-state index in [9.17, 15) is 9.59 Å². The number of carbonyl (C=O) groups excluding carboxylic acids is 2. The van der Waals surface area contributed by atoms with Gasteiger partial charge in [0.05, 0.1) is 12.7 Å². The number of anilines is 1. The van der Waals surface area contributed by atoms with E-state index in [-0.39, 0.29) is 24.5 Å². The average molecular weight is 285 g/mol. The summed E-state index contributed by atoms with van der Waals surface area (Å²) in [6.07, 6.45) is 3.59. The van der Waals surface area contributed by atoms with Crippen LogP contribution in [0.3, 0.4) is 0 Å². The van der Waals surface area contributed by atoms with Crippen molar-refractivity contribution in [1.29, 1.82) is 0 Å². The molecule has 1 aromatic rings. The number of para-hydroxylation sites is 1. The summed E-state index contributed by atoms with van der Waals surface area (Å²) in [6.45, 7) is 1.16. The number of piperidine rings is 1. The summed E-state index contributed by atoms with van der Waals surface area (Å²) in [5.41, 5.74) is 1.33. The smallest absolute Gasteiger partial charge is 0.239 e. The van der Waals surface area contributed by atoms with Crippen LogP contribution < -0.4 is 15.5 Å². The molecule has 2 amide bonds. The maximum atomic E-state index is 12.6. The van der Waals surface area contributed by atoms with Crippen LogP contribution >= 0.6 is 0 Å². The van der Waals surface area contributed by atoms with Crippen molar-refractivity contribution >= 4 is 17.5 Å². The first-order valence-electron chi connectivity index (χ1n) is 7.64. The van der Waals surface area contributed by atoms with Gasteiger partial charge in [-0.2, -0.15) is 0 Å². The average Bonchev–Trinajstić information content (AvgIpc) is 2.52. The molecule has 5 nitrogen and oxygen atoms in total. The molecule has 0 saturated carbocycles. The molecule has 1 aromatic carbocycles. The van der Waals surface area contributed by atoms with Gasteiger partial charge in [0, 0.05) is 12.2 Å². The molecule has 0 aromatic heterocycles. The summed E-state index contributed by atoms with van der Waals surface area (Å²) in [6, 6.07) is 8.14. The largest absolute Gasteiger partial charge is 0.367 e. The fourth-order valence-electron chi connectivity index (χ4n) is 4.18. The highest BCUT2D eigenvalue weighted by Crippen LogP contribution is 2.46. The van der Waals surface area contributed by atoms with E-state index in [1.54, 1.807) is 0 Å². The predicted octanol–water partition coefficient (Wildman–Crippen LogP) is 0.791. The zero-order valence-corrected chi connectivity index (χ0v) is 11.9. The van der Waals surface area contributed by atoms with Gasteiger partial charge >= 0.3 is 0 Å². The van der Waals surface area contributed by atoms with Gasteiger partial charge in [-0.25, -0.2) is 0 Å². The summed E-state index contributed by atoms with van der Waals surface area (Å²) in [5.74, 6) is -0.227. The van der Waals surface area contributed by atoms with Crippen molar-refractivity contribution < 1.29 is 9.59 Å². The molecule has 1 atom stereocenters. The van der Waals surface area contributed by atoms with Crippen molar-refractivity contribution in [2.75, 3.05) is 18.1 Å². The Balaban J connectivity index is 1.88. The van der Waals surface area contributed by atoms with Gasteiger partial charge in [0.15, 0.2) is 5.41 Å². The van der Waals surface area contributed by atoms with Gasteiger partial charge in [0.1, 0.15) is 0 Å². The van der Waals surface area contributed by atoms with Crippen LogP contribution in [0.15, 0.2) is 24.3 Å². The molecule has 3 aliphatic rings. The first-order valence-corrected chi connectivity index (χ1v) is 7.64. The first-order chi connectivity index (χ1) is 10.2. The lowest BCUT2D eigenvalue weighted by molar-refractivity contribution is -0.149. The zero-order valence-electron chi connectivity index (χ0n) is 11.9. The van der Waals surface area contributed by atoms with Gasteiger partial charge < -0.3 is 15.5 Å². The van der Waals surface area contributed by atoms with E-state index in [1.807, 2.05) is 18.2 Å². The molecular weight excluding hydrogens is 266 g/mol. The second kappa shape index (κ2) is 4.48. The van der Waals surface area contributed by atoms with Gasteiger partial charge in [-0.05, 0) is 37.3 Å². The third-order valence-electron chi connectivity index (χ3n) is 5.15. The minimum atomic E-state index is -0.965. The Morgan fingerprint density at radius 3 is 2.67 bits per heavy atom. The van der Waals surface area contributed by atoms with E-state index in [4.69, 9.17) is 0 Å². The third-order valence-corrected chi connectivity index (χ3v) is 5.15. The van der Waals surface area contributed by atoms with Crippen LogP contribution in [0.4, 0.5) is 5.69 Å². The van der Waals surface area contributed by atoms with Gasteiger partial charge in [0.2, 0.25) is 11.8 Å². The zero-order chi connectivity index (χ0) is 14.4. The molecule has 0 radical (unpaired) electrons. The number of nitrogens with zero attached hydrogens (tertiary/aromatic N) is 1. The number of hydrogen-bond donors (Lipinski definition) is 2. The summed E-state index contributed by atoms with van der Waals surface area (Å²) in [7, 11) is 0. The maximum absolute atomic E-state index is 12.6. The van der Waals surface area contributed by atoms with Gasteiger partial charge in [-0.1, -0.05) is 18.2 Å². The second-order valence-electron chi connectivity index (χ2n) is 6.17. The van der Waals surface area contributed by atoms with Crippen molar-refractivity contribution in [2.24, 2.45) is 5.41 Å². The van der Waals surface area contributed by atoms with E-state index in [1.165, 1.54) is 5.69 Å². The monoisotopic (exact) mass is 285 g/mol. The summed E-state index contributed by atoms with van der Waals surface area (Å²) in [4.78, 5) is 27.6. The van der Waals surface area contributed by atoms with Crippen LogP contribution in [0.5, 0.6) is 0 Å². The predicted molar refractivity (Wildman–Crippen MR) is 78.7 cm³/mol. The van der Waals surface area contributed by atoms with Crippen LogP contribution in [0.1, 0.15) is 24.8 Å². The summed E-state index contributed by atoms with van der Waals surface area (Å²) < 4.78 is 0. The highest BCUT2D eigenvalue weighted by atomic mass is 16.2. The van der Waals surface area contributed by atoms with Crippen LogP contribution in [0.25, 0.3) is 0 Å². The molecule has 3 heterocycles. The number of fused-ring (bicyclic) bond motifs is 4. The Morgan fingerprint density at radius 2 is 1.86 bits per heavy atom. The Labute approximate surface area is 123 Å². The van der Waals surface area contributed by atoms with Crippen molar-refractivity contribution in [1.82, 2.24) is 10.6 Å². The minimum absolute atomic E-state index is 0.0264. The molecule has 0 bridgehead atoms. The number of rotatable bonds is 0. The molecule has 1 unspecified atom stereocenters. The van der Waals surface area contributed by atoms with Crippen LogP contribution in [-0.2, 0) is 16.0 Å². The topological polar surface area (TPSA) is 61.4 Å². The number of nitrogens with one attached hydrogen (secondary N) is 2. The normalized spacial score (nSPS) is 26.7. The molecule has 4 rings (SSSR count). The Hall–Kier alpha value is -2.04. The molecule has 2 saturated heterocycles. The lowest BCUT2D eigenvalue weighted by Gasteiger charge is -2.52. The number of benzene rings is 1. The molecule has 110 valence electrons. The van der Waals surface area contributed by atoms with Gasteiger partial charge in [-0.15, -0.1) is 0 Å². The molecule has 2 N–H and O–H groups in total. The molecule has 0 aliphatic carbocycles. The molecule has 1 spiro atoms. The summed E-state index contributed by atoms with van der Waals surface area (Å²) >= 11 is 0. The fraction of sp³-hybridized carbons (Fsp3) is 0.500. The second-order valence-corrected chi connectivity index (χ2v) is 6.17. The van der Waals surface area contributed by atoms with Gasteiger partial charge in [0.25, 0.3) is 0 Å². The lowest BCUT2D eigenvalue weighted by atomic mass is 9.66. The van der Waals surface area contributed by atoms with Crippen molar-refractivity contribution in [3.05, 3.63) is 29.8 Å². The molecule has 21 heavy (non-hydrogen) atoms. The van der Waals surface area contributed by atoms with Crippen LogP contribution in [0, 0.1) is 5.41 Å². The van der Waals surface area contributed by atoms with Crippen LogP contribution in [-0.4, -0.2) is 31.1 Å². The SMILES string of the molecule is O=C1NCNC(=O)C12Cc1ccccc1N1CCCCC12. The van der Waals surface area contributed by atoms with Crippen molar-refractivity contribution in [3.8, 4) is 0 Å². The van der Waals surface area contributed by atoms with E-state index in [0.29, 0.717) is 6.42 Å². The highest BCUT2D eigenvalue weighted by molar-refractivity contribution is 6.09. The Bertz CT molecular complexity index is 597. The number of amides is 2. The molecule has 2 fully saturated rings. The van der Waals surface area contributed by atoms with Gasteiger partial charge in [-0.3, -0.25) is 9.59 Å². The maximum Gasteiger partial charge on any atom is 0.239 e. The third kappa shape index (κ3) is 1.63. The standard InChI is InChI=1S/C16H19N3O2/c20-14-16(15(21)18-10-17-14)9-11-5-1-2-6-12(11)19-8-4-3-7-13(16)19/h1-2,5-6,13H,3-4,7-10H2,(H,17,20)(H,18,21). The molecule has 5 heteroatoms. The van der Waals surface area contributed by atoms with E-state index in [2.05, 4.69) is 21.6 Å². The van der Waals surface area contributed by atoms with Crippen LogP contribution in [0.2, 0.25) is 0 Å². The quantitative estimate of drug-likeness (QED) is 0.693. The van der Waals surface area contributed by atoms with E-state index < -0.39 is 5.41 Å². The number of carbonyl (C=O) groups is 2. The highest BCUT2D eigenvalue weighted by Gasteiger charge is 2.58. The van der Waals surface area contributed by atoms with Crippen molar-refractivity contribution in [2.45, 2.75) is 31.7 Å².